The lowest BCUT2D eigenvalue weighted by atomic mass is 9.77. The van der Waals surface area contributed by atoms with Crippen molar-refractivity contribution in [3.63, 3.8) is 0 Å². The van der Waals surface area contributed by atoms with Gasteiger partial charge in [-0.05, 0) is 66.5 Å². The van der Waals surface area contributed by atoms with Crippen molar-refractivity contribution in [2.45, 2.75) is 70.6 Å². The van der Waals surface area contributed by atoms with Gasteiger partial charge in [0, 0.05) is 0 Å². The van der Waals surface area contributed by atoms with Gasteiger partial charge in [0.05, 0.1) is 0 Å². The zero-order valence-corrected chi connectivity index (χ0v) is 15.4. The minimum atomic E-state index is 0.585. The van der Waals surface area contributed by atoms with Crippen LogP contribution < -0.4 is 0 Å². The fourth-order valence-corrected chi connectivity index (χ4v) is 4.37. The van der Waals surface area contributed by atoms with Crippen molar-refractivity contribution in [1.82, 2.24) is 0 Å². The van der Waals surface area contributed by atoms with Crippen LogP contribution in [0.5, 0.6) is 0 Å². The summed E-state index contributed by atoms with van der Waals surface area (Å²) in [5.74, 6) is 2.39. The summed E-state index contributed by atoms with van der Waals surface area (Å²) in [5.41, 5.74) is 4.48. The Hall–Kier alpha value is -1.56. The van der Waals surface area contributed by atoms with Gasteiger partial charge in [-0.3, -0.25) is 0 Å². The SMILES string of the molecule is CCCC1CCC(c2ccc(C[C@@H](C)c3ccccc3)cc2)CC1. The van der Waals surface area contributed by atoms with Crippen molar-refractivity contribution in [3.8, 4) is 0 Å². The molecule has 0 bridgehead atoms. The highest BCUT2D eigenvalue weighted by Gasteiger charge is 2.21. The molecule has 0 heterocycles. The summed E-state index contributed by atoms with van der Waals surface area (Å²) in [6, 6.07) is 20.4. The van der Waals surface area contributed by atoms with Crippen molar-refractivity contribution in [1.29, 1.82) is 0 Å². The second-order valence-electron chi connectivity index (χ2n) is 7.76. The molecular weight excluding hydrogens is 288 g/mol. The molecule has 1 atom stereocenters. The lowest BCUT2D eigenvalue weighted by Crippen LogP contribution is -2.13. The molecule has 0 saturated heterocycles. The Balaban J connectivity index is 1.56. The Bertz CT molecular complexity index is 588. The van der Waals surface area contributed by atoms with E-state index in [4.69, 9.17) is 0 Å². The van der Waals surface area contributed by atoms with Crippen LogP contribution in [0.15, 0.2) is 54.6 Å². The highest BCUT2D eigenvalue weighted by molar-refractivity contribution is 5.28. The van der Waals surface area contributed by atoms with Gasteiger partial charge >= 0.3 is 0 Å². The maximum absolute atomic E-state index is 2.40. The van der Waals surface area contributed by atoms with Gasteiger partial charge in [0.15, 0.2) is 0 Å². The van der Waals surface area contributed by atoms with Gasteiger partial charge in [-0.15, -0.1) is 0 Å². The van der Waals surface area contributed by atoms with E-state index in [1.807, 2.05) is 0 Å². The van der Waals surface area contributed by atoms with Gasteiger partial charge in [-0.1, -0.05) is 81.3 Å². The topological polar surface area (TPSA) is 0 Å². The van der Waals surface area contributed by atoms with E-state index in [1.54, 1.807) is 5.56 Å². The monoisotopic (exact) mass is 320 g/mol. The molecular formula is C24H32. The molecule has 1 fully saturated rings. The van der Waals surface area contributed by atoms with E-state index < -0.39 is 0 Å². The van der Waals surface area contributed by atoms with E-state index in [0.717, 1.165) is 18.3 Å². The van der Waals surface area contributed by atoms with E-state index in [1.165, 1.54) is 49.7 Å². The molecule has 0 nitrogen and oxygen atoms in total. The molecule has 0 unspecified atom stereocenters. The number of hydrogen-bond acceptors (Lipinski definition) is 0. The van der Waals surface area contributed by atoms with E-state index >= 15 is 0 Å². The fourth-order valence-electron chi connectivity index (χ4n) is 4.37. The van der Waals surface area contributed by atoms with Crippen LogP contribution in [0.3, 0.4) is 0 Å². The molecule has 1 saturated carbocycles. The van der Waals surface area contributed by atoms with Crippen molar-refractivity contribution < 1.29 is 0 Å². The highest BCUT2D eigenvalue weighted by Crippen LogP contribution is 2.37. The lowest BCUT2D eigenvalue weighted by Gasteiger charge is -2.28. The van der Waals surface area contributed by atoms with Crippen LogP contribution in [0.1, 0.15) is 80.9 Å². The summed E-state index contributed by atoms with van der Waals surface area (Å²) in [4.78, 5) is 0. The molecule has 0 spiro atoms. The van der Waals surface area contributed by atoms with Crippen molar-refractivity contribution in [3.05, 3.63) is 71.3 Å². The zero-order valence-electron chi connectivity index (χ0n) is 15.4. The Kier molecular flexibility index (Phi) is 6.12. The van der Waals surface area contributed by atoms with Crippen LogP contribution in [0, 0.1) is 5.92 Å². The van der Waals surface area contributed by atoms with Gasteiger partial charge in [-0.25, -0.2) is 0 Å². The Morgan fingerprint density at radius 1 is 0.875 bits per heavy atom. The second-order valence-corrected chi connectivity index (χ2v) is 7.76. The second kappa shape index (κ2) is 8.51. The Morgan fingerprint density at radius 2 is 1.54 bits per heavy atom. The van der Waals surface area contributed by atoms with Gasteiger partial charge < -0.3 is 0 Å². The summed E-state index contributed by atoms with van der Waals surface area (Å²) in [6.07, 6.45) is 9.58. The van der Waals surface area contributed by atoms with Crippen molar-refractivity contribution in [2.24, 2.45) is 5.92 Å². The smallest absolute Gasteiger partial charge is 0.0150 e. The first-order chi connectivity index (χ1) is 11.8. The van der Waals surface area contributed by atoms with Crippen LogP contribution in [-0.4, -0.2) is 0 Å². The fraction of sp³-hybridized carbons (Fsp3) is 0.500. The quantitative estimate of drug-likeness (QED) is 0.532. The molecule has 2 aromatic carbocycles. The minimum absolute atomic E-state index is 0.585. The van der Waals surface area contributed by atoms with E-state index in [0.29, 0.717) is 5.92 Å². The van der Waals surface area contributed by atoms with E-state index in [2.05, 4.69) is 68.4 Å². The van der Waals surface area contributed by atoms with Crippen LogP contribution in [-0.2, 0) is 6.42 Å². The summed E-state index contributed by atoms with van der Waals surface area (Å²) in [5, 5.41) is 0. The predicted molar refractivity (Wildman–Crippen MR) is 105 cm³/mol. The Labute approximate surface area is 148 Å². The maximum Gasteiger partial charge on any atom is -0.0150 e. The van der Waals surface area contributed by atoms with E-state index in [-0.39, 0.29) is 0 Å². The molecule has 3 rings (SSSR count). The number of hydrogen-bond donors (Lipinski definition) is 0. The van der Waals surface area contributed by atoms with Gasteiger partial charge in [-0.2, -0.15) is 0 Å². The average Bonchev–Trinajstić information content (AvgIpc) is 2.64. The first-order valence-electron chi connectivity index (χ1n) is 9.90. The largest absolute Gasteiger partial charge is 0.0654 e. The highest BCUT2D eigenvalue weighted by atomic mass is 14.3. The average molecular weight is 321 g/mol. The molecule has 1 aliphatic carbocycles. The zero-order chi connectivity index (χ0) is 16.8. The molecule has 24 heavy (non-hydrogen) atoms. The summed E-state index contributed by atoms with van der Waals surface area (Å²) in [6.45, 7) is 4.65. The van der Waals surface area contributed by atoms with Gasteiger partial charge in [0.1, 0.15) is 0 Å². The van der Waals surface area contributed by atoms with E-state index in [9.17, 15) is 0 Å². The normalized spacial score (nSPS) is 22.2. The van der Waals surface area contributed by atoms with Gasteiger partial charge in [0.25, 0.3) is 0 Å². The Morgan fingerprint density at radius 3 is 2.17 bits per heavy atom. The summed E-state index contributed by atoms with van der Waals surface area (Å²) >= 11 is 0. The first kappa shape index (κ1) is 17.3. The van der Waals surface area contributed by atoms with Crippen molar-refractivity contribution >= 4 is 0 Å². The van der Waals surface area contributed by atoms with Crippen LogP contribution >= 0.6 is 0 Å². The number of benzene rings is 2. The van der Waals surface area contributed by atoms with Crippen LogP contribution in [0.2, 0.25) is 0 Å². The third-order valence-corrected chi connectivity index (χ3v) is 5.91. The molecule has 0 aromatic heterocycles. The summed E-state index contributed by atoms with van der Waals surface area (Å²) < 4.78 is 0. The standard InChI is InChI=1S/C24H32/c1-3-7-20-10-14-23(15-11-20)24-16-12-21(13-17-24)18-19(2)22-8-5-4-6-9-22/h4-6,8-9,12-13,16-17,19-20,23H,3,7,10-11,14-15,18H2,1-2H3/t19-,20?,23?/m1/s1. The predicted octanol–water partition coefficient (Wildman–Crippen LogP) is 7.11. The van der Waals surface area contributed by atoms with Crippen molar-refractivity contribution in [2.75, 3.05) is 0 Å². The first-order valence-corrected chi connectivity index (χ1v) is 9.90. The molecule has 1 aliphatic rings. The molecule has 2 aromatic rings. The number of rotatable bonds is 6. The summed E-state index contributed by atoms with van der Waals surface area (Å²) in [7, 11) is 0. The lowest BCUT2D eigenvalue weighted by molar-refractivity contribution is 0.308. The maximum atomic E-state index is 2.40. The molecule has 0 aliphatic heterocycles. The molecule has 0 amide bonds. The van der Waals surface area contributed by atoms with Gasteiger partial charge in [0.2, 0.25) is 0 Å². The molecule has 0 radical (unpaired) electrons. The molecule has 0 N–H and O–H groups in total. The van der Waals surface area contributed by atoms with Crippen LogP contribution in [0.25, 0.3) is 0 Å². The molecule has 128 valence electrons. The minimum Gasteiger partial charge on any atom is -0.0654 e. The third-order valence-electron chi connectivity index (χ3n) is 5.91. The van der Waals surface area contributed by atoms with Crippen LogP contribution in [0.4, 0.5) is 0 Å². The molecule has 0 heteroatoms. The third kappa shape index (κ3) is 4.50.